The van der Waals surface area contributed by atoms with Crippen LogP contribution in [-0.2, 0) is 4.74 Å². The molecule has 1 aliphatic heterocycles. The molecule has 1 aromatic heterocycles. The highest BCUT2D eigenvalue weighted by atomic mass is 79.9. The first-order valence-corrected chi connectivity index (χ1v) is 8.93. The Morgan fingerprint density at radius 2 is 2.15 bits per heavy atom. The minimum Gasteiger partial charge on any atom is -0.506 e. The fourth-order valence-electron chi connectivity index (χ4n) is 2.47. The Kier molecular flexibility index (Phi) is 5.90. The Morgan fingerprint density at radius 1 is 1.42 bits per heavy atom. The molecule has 10 heteroatoms. The molecule has 1 aliphatic rings. The molecule has 1 saturated heterocycles. The highest BCUT2D eigenvalue weighted by Crippen LogP contribution is 2.31. The molecule has 0 atom stereocenters. The van der Waals surface area contributed by atoms with Crippen molar-refractivity contribution < 1.29 is 19.0 Å². The number of ether oxygens (including phenoxy) is 1. The zero-order valence-corrected chi connectivity index (χ0v) is 15.8. The van der Waals surface area contributed by atoms with Crippen molar-refractivity contribution in [3.63, 3.8) is 0 Å². The van der Waals surface area contributed by atoms with E-state index in [1.54, 1.807) is 4.90 Å². The number of morpholine rings is 1. The van der Waals surface area contributed by atoms with E-state index in [1.807, 2.05) is 0 Å². The van der Waals surface area contributed by atoms with E-state index in [1.165, 1.54) is 12.1 Å². The minimum atomic E-state index is -0.541. The Hall–Kier alpha value is -1.97. The average Bonchev–Trinajstić information content (AvgIpc) is 2.64. The van der Waals surface area contributed by atoms with Crippen LogP contribution in [0, 0.1) is 5.82 Å². The lowest BCUT2D eigenvalue weighted by Gasteiger charge is -2.28. The van der Waals surface area contributed by atoms with E-state index < -0.39 is 11.6 Å². The number of aromatic hydroxyl groups is 1. The predicted molar refractivity (Wildman–Crippen MR) is 98.7 cm³/mol. The van der Waals surface area contributed by atoms with Crippen molar-refractivity contribution in [1.29, 1.82) is 0 Å². The molecule has 2 N–H and O–H groups in total. The lowest BCUT2D eigenvalue weighted by atomic mass is 10.1. The molecule has 0 saturated carbocycles. The fraction of sp³-hybridized carbons (Fsp3) is 0.312. The second-order valence-electron chi connectivity index (χ2n) is 5.53. The number of halogens is 3. The third-order valence-corrected chi connectivity index (χ3v) is 4.52. The lowest BCUT2D eigenvalue weighted by molar-refractivity contribution is 0.100. The van der Waals surface area contributed by atoms with Crippen LogP contribution in [0.15, 0.2) is 22.8 Å². The average molecular weight is 446 g/mol. The van der Waals surface area contributed by atoms with Crippen LogP contribution in [0.1, 0.15) is 10.4 Å². The first-order chi connectivity index (χ1) is 12.5. The van der Waals surface area contributed by atoms with E-state index in [9.17, 15) is 14.3 Å². The summed E-state index contributed by atoms with van der Waals surface area (Å²) in [6, 6.07) is 2.95. The molecule has 0 bridgehead atoms. The Bertz CT molecular complexity index is 833. The van der Waals surface area contributed by atoms with Gasteiger partial charge in [0.25, 0.3) is 0 Å². The van der Waals surface area contributed by atoms with Crippen molar-refractivity contribution in [1.82, 2.24) is 9.97 Å². The molecular weight excluding hydrogens is 431 g/mol. The van der Waals surface area contributed by atoms with E-state index in [0.29, 0.717) is 30.8 Å². The maximum Gasteiger partial charge on any atom is 0.225 e. The van der Waals surface area contributed by atoms with Gasteiger partial charge in [0, 0.05) is 17.6 Å². The predicted octanol–water partition coefficient (Wildman–Crippen LogP) is 2.87. The van der Waals surface area contributed by atoms with Crippen molar-refractivity contribution in [3.8, 4) is 5.75 Å². The molecule has 0 radical (unpaired) electrons. The van der Waals surface area contributed by atoms with E-state index in [0.717, 1.165) is 6.20 Å². The summed E-state index contributed by atoms with van der Waals surface area (Å²) in [5.41, 5.74) is 0.0624. The van der Waals surface area contributed by atoms with Crippen LogP contribution in [0.25, 0.3) is 0 Å². The molecule has 26 heavy (non-hydrogen) atoms. The van der Waals surface area contributed by atoms with Gasteiger partial charge in [0.2, 0.25) is 5.95 Å². The quantitative estimate of drug-likeness (QED) is 0.684. The number of rotatable bonds is 5. The highest BCUT2D eigenvalue weighted by Gasteiger charge is 2.19. The highest BCUT2D eigenvalue weighted by molar-refractivity contribution is 9.10. The fourth-order valence-corrected chi connectivity index (χ4v) is 3.28. The third kappa shape index (κ3) is 4.22. The number of nitrogens with zero attached hydrogens (tertiary/aromatic N) is 3. The zero-order valence-electron chi connectivity index (χ0n) is 13.5. The van der Waals surface area contributed by atoms with Crippen LogP contribution < -0.4 is 10.2 Å². The second-order valence-corrected chi connectivity index (χ2v) is 6.85. The molecule has 0 unspecified atom stereocenters. The summed E-state index contributed by atoms with van der Waals surface area (Å²) in [7, 11) is 0. The number of carbonyl (C=O) groups is 1. The van der Waals surface area contributed by atoms with Gasteiger partial charge in [-0.3, -0.25) is 4.79 Å². The molecule has 1 aromatic carbocycles. The first kappa shape index (κ1) is 18.8. The van der Waals surface area contributed by atoms with Gasteiger partial charge in [-0.05, 0) is 12.1 Å². The molecule has 2 aromatic rings. The summed E-state index contributed by atoms with van der Waals surface area (Å²) < 4.78 is 19.8. The van der Waals surface area contributed by atoms with Gasteiger partial charge in [0.1, 0.15) is 5.75 Å². The molecule has 2 heterocycles. The van der Waals surface area contributed by atoms with Gasteiger partial charge in [0.05, 0.1) is 36.5 Å². The van der Waals surface area contributed by atoms with Gasteiger partial charge >= 0.3 is 0 Å². The van der Waals surface area contributed by atoms with Crippen LogP contribution in [0.5, 0.6) is 5.75 Å². The molecular formula is C16H15BrClFN4O3. The van der Waals surface area contributed by atoms with E-state index in [2.05, 4.69) is 31.2 Å². The van der Waals surface area contributed by atoms with Gasteiger partial charge in [-0.2, -0.15) is 4.98 Å². The SMILES string of the molecule is O=C(CNc1ncc(F)c(N2CCOCC2)n1)c1cc(Br)cc(Cl)c1O. The first-order valence-electron chi connectivity index (χ1n) is 7.76. The van der Waals surface area contributed by atoms with Gasteiger partial charge in [0.15, 0.2) is 17.4 Å². The normalized spacial score (nSPS) is 14.3. The number of hydrogen-bond donors (Lipinski definition) is 2. The number of carbonyl (C=O) groups excluding carboxylic acids is 1. The van der Waals surface area contributed by atoms with Gasteiger partial charge in [-0.15, -0.1) is 0 Å². The van der Waals surface area contributed by atoms with Crippen molar-refractivity contribution in [2.75, 3.05) is 43.1 Å². The third-order valence-electron chi connectivity index (χ3n) is 3.77. The standard InChI is InChI=1S/C16H15BrClFN4O3/c17-9-5-10(14(25)11(18)6-9)13(24)8-21-16-20-7-12(19)15(22-16)23-1-3-26-4-2-23/h5-7,25H,1-4,8H2,(H,20,21,22). The topological polar surface area (TPSA) is 87.6 Å². The van der Waals surface area contributed by atoms with Crippen molar-refractivity contribution in [2.45, 2.75) is 0 Å². The molecule has 0 spiro atoms. The largest absolute Gasteiger partial charge is 0.506 e. The smallest absolute Gasteiger partial charge is 0.225 e. The van der Waals surface area contributed by atoms with Gasteiger partial charge < -0.3 is 20.1 Å². The van der Waals surface area contributed by atoms with Crippen LogP contribution in [0.2, 0.25) is 5.02 Å². The van der Waals surface area contributed by atoms with Crippen molar-refractivity contribution in [2.24, 2.45) is 0 Å². The van der Waals surface area contributed by atoms with E-state index in [4.69, 9.17) is 16.3 Å². The molecule has 138 valence electrons. The van der Waals surface area contributed by atoms with Crippen molar-refractivity contribution in [3.05, 3.63) is 39.2 Å². The van der Waals surface area contributed by atoms with Crippen LogP contribution in [-0.4, -0.2) is 53.7 Å². The number of phenolic OH excluding ortho intramolecular Hbond substituents is 1. The number of ketones is 1. The monoisotopic (exact) mass is 444 g/mol. The van der Waals surface area contributed by atoms with Crippen molar-refractivity contribution >= 4 is 45.1 Å². The van der Waals surface area contributed by atoms with Crippen LogP contribution in [0.3, 0.4) is 0 Å². The molecule has 1 fully saturated rings. The maximum atomic E-state index is 14.0. The summed E-state index contributed by atoms with van der Waals surface area (Å²) in [4.78, 5) is 22.1. The molecule has 7 nitrogen and oxygen atoms in total. The lowest BCUT2D eigenvalue weighted by Crippen LogP contribution is -2.37. The Balaban J connectivity index is 1.73. The summed E-state index contributed by atoms with van der Waals surface area (Å²) >= 11 is 9.09. The summed E-state index contributed by atoms with van der Waals surface area (Å²) in [5, 5.41) is 12.8. The summed E-state index contributed by atoms with van der Waals surface area (Å²) in [5.74, 6) is -0.976. The number of phenols is 1. The number of hydrogen-bond acceptors (Lipinski definition) is 7. The number of aromatic nitrogens is 2. The van der Waals surface area contributed by atoms with Crippen LogP contribution in [0.4, 0.5) is 16.2 Å². The minimum absolute atomic E-state index is 0.0624. The number of nitrogens with one attached hydrogen (secondary N) is 1. The molecule has 0 amide bonds. The Labute approximate surface area is 162 Å². The van der Waals surface area contributed by atoms with Crippen LogP contribution >= 0.6 is 27.5 Å². The number of Topliss-reactive ketones (excluding diaryl/α,β-unsaturated/α-hetero) is 1. The molecule has 3 rings (SSSR count). The second kappa shape index (κ2) is 8.15. The zero-order chi connectivity index (χ0) is 18.7. The molecule has 0 aliphatic carbocycles. The van der Waals surface area contributed by atoms with E-state index in [-0.39, 0.29) is 34.6 Å². The van der Waals surface area contributed by atoms with Gasteiger partial charge in [-0.1, -0.05) is 27.5 Å². The maximum absolute atomic E-state index is 14.0. The summed E-state index contributed by atoms with van der Waals surface area (Å²) in [6.45, 7) is 1.85. The number of anilines is 2. The summed E-state index contributed by atoms with van der Waals surface area (Å²) in [6.07, 6.45) is 1.05. The number of benzene rings is 1. The Morgan fingerprint density at radius 3 is 2.88 bits per heavy atom. The van der Waals surface area contributed by atoms with E-state index >= 15 is 0 Å². The van der Waals surface area contributed by atoms with Gasteiger partial charge in [-0.25, -0.2) is 9.37 Å².